The Morgan fingerprint density at radius 1 is 1.31 bits per heavy atom. The zero-order chi connectivity index (χ0) is 10.1. The molecule has 0 heterocycles. The van der Waals surface area contributed by atoms with E-state index in [-0.39, 0.29) is 0 Å². The molecule has 1 nitrogen and oxygen atoms in total. The summed E-state index contributed by atoms with van der Waals surface area (Å²) in [4.78, 5) is 0. The molecule has 72 valence electrons. The van der Waals surface area contributed by atoms with E-state index < -0.39 is 17.2 Å². The summed E-state index contributed by atoms with van der Waals surface area (Å²) < 4.78 is 25.4. The predicted octanol–water partition coefficient (Wildman–Crippen LogP) is 2.55. The molecule has 0 aromatic heterocycles. The van der Waals surface area contributed by atoms with Gasteiger partial charge in [0.05, 0.1) is 0 Å². The van der Waals surface area contributed by atoms with E-state index in [0.717, 1.165) is 12.1 Å². The van der Waals surface area contributed by atoms with Gasteiger partial charge in [0.1, 0.15) is 0 Å². The van der Waals surface area contributed by atoms with Gasteiger partial charge in [0, 0.05) is 5.54 Å². The summed E-state index contributed by atoms with van der Waals surface area (Å²) in [5.74, 6) is -1.68. The first-order chi connectivity index (χ1) is 5.97. The van der Waals surface area contributed by atoms with Crippen LogP contribution in [-0.4, -0.2) is 0 Å². The minimum atomic E-state index is -0.845. The van der Waals surface area contributed by atoms with Crippen molar-refractivity contribution in [3.05, 3.63) is 35.4 Å². The van der Waals surface area contributed by atoms with Gasteiger partial charge in [-0.25, -0.2) is 8.78 Å². The third kappa shape index (κ3) is 2.04. The topological polar surface area (TPSA) is 26.0 Å². The molecule has 0 radical (unpaired) electrons. The maximum absolute atomic E-state index is 12.8. The van der Waals surface area contributed by atoms with E-state index >= 15 is 0 Å². The van der Waals surface area contributed by atoms with Gasteiger partial charge in [-0.3, -0.25) is 0 Å². The fourth-order valence-corrected chi connectivity index (χ4v) is 1.06. The summed E-state index contributed by atoms with van der Waals surface area (Å²) in [6.45, 7) is 3.70. The van der Waals surface area contributed by atoms with Crippen molar-refractivity contribution in [3.8, 4) is 0 Å². The van der Waals surface area contributed by atoms with Gasteiger partial charge in [0.15, 0.2) is 11.6 Å². The molecule has 0 unspecified atom stereocenters. The molecular weight excluding hydrogens is 172 g/mol. The first kappa shape index (κ1) is 10.1. The Labute approximate surface area is 76.6 Å². The van der Waals surface area contributed by atoms with Crippen molar-refractivity contribution in [1.29, 1.82) is 0 Å². The second-order valence-corrected chi connectivity index (χ2v) is 3.40. The highest BCUT2D eigenvalue weighted by Crippen LogP contribution is 2.22. The van der Waals surface area contributed by atoms with Crippen LogP contribution in [0.3, 0.4) is 0 Å². The number of hydrogen-bond acceptors (Lipinski definition) is 1. The number of nitrogens with two attached hydrogens (primary N) is 1. The fraction of sp³-hybridized carbons (Fsp3) is 0.400. The van der Waals surface area contributed by atoms with Crippen LogP contribution < -0.4 is 5.73 Å². The van der Waals surface area contributed by atoms with E-state index in [1.165, 1.54) is 6.07 Å². The van der Waals surface area contributed by atoms with E-state index in [1.54, 1.807) is 6.92 Å². The van der Waals surface area contributed by atoms with Crippen molar-refractivity contribution in [2.45, 2.75) is 25.8 Å². The normalized spacial score (nSPS) is 15.5. The van der Waals surface area contributed by atoms with Crippen molar-refractivity contribution in [1.82, 2.24) is 0 Å². The van der Waals surface area contributed by atoms with E-state index in [9.17, 15) is 8.78 Å². The lowest BCUT2D eigenvalue weighted by Gasteiger charge is -2.23. The van der Waals surface area contributed by atoms with Gasteiger partial charge < -0.3 is 5.73 Å². The van der Waals surface area contributed by atoms with Crippen molar-refractivity contribution in [3.63, 3.8) is 0 Å². The van der Waals surface area contributed by atoms with Crippen LogP contribution in [0, 0.1) is 11.6 Å². The highest BCUT2D eigenvalue weighted by Gasteiger charge is 2.19. The molecule has 0 aliphatic heterocycles. The quantitative estimate of drug-likeness (QED) is 0.752. The van der Waals surface area contributed by atoms with Gasteiger partial charge >= 0.3 is 0 Å². The zero-order valence-electron chi connectivity index (χ0n) is 7.77. The second kappa shape index (κ2) is 3.42. The highest BCUT2D eigenvalue weighted by atomic mass is 19.2. The number of rotatable bonds is 2. The molecular formula is C10H13F2N. The molecule has 0 aliphatic rings. The number of benzene rings is 1. The van der Waals surface area contributed by atoms with Gasteiger partial charge in [-0.1, -0.05) is 13.0 Å². The van der Waals surface area contributed by atoms with Crippen LogP contribution >= 0.6 is 0 Å². The van der Waals surface area contributed by atoms with Crippen molar-refractivity contribution in [2.75, 3.05) is 0 Å². The Bertz CT molecular complexity index is 308. The Hall–Kier alpha value is -0.960. The Kier molecular flexibility index (Phi) is 2.66. The van der Waals surface area contributed by atoms with Crippen molar-refractivity contribution in [2.24, 2.45) is 5.73 Å². The fourth-order valence-electron chi connectivity index (χ4n) is 1.06. The summed E-state index contributed by atoms with van der Waals surface area (Å²) in [7, 11) is 0. The van der Waals surface area contributed by atoms with Gasteiger partial charge in [-0.15, -0.1) is 0 Å². The van der Waals surface area contributed by atoms with Gasteiger partial charge in [0.2, 0.25) is 0 Å². The smallest absolute Gasteiger partial charge is 0.159 e. The summed E-state index contributed by atoms with van der Waals surface area (Å²) >= 11 is 0. The lowest BCUT2D eigenvalue weighted by Crippen LogP contribution is -2.32. The number of halogens is 2. The zero-order valence-corrected chi connectivity index (χ0v) is 7.77. The van der Waals surface area contributed by atoms with E-state index in [0.29, 0.717) is 12.0 Å². The molecule has 3 heteroatoms. The molecule has 1 rings (SSSR count). The van der Waals surface area contributed by atoms with Crippen molar-refractivity contribution >= 4 is 0 Å². The van der Waals surface area contributed by atoms with E-state index in [1.807, 2.05) is 6.92 Å². The van der Waals surface area contributed by atoms with Crippen LogP contribution in [0.1, 0.15) is 25.8 Å². The van der Waals surface area contributed by atoms with Crippen LogP contribution in [0.2, 0.25) is 0 Å². The SMILES string of the molecule is CC[C@@](C)(N)c1ccc(F)c(F)c1. The molecule has 2 N–H and O–H groups in total. The first-order valence-corrected chi connectivity index (χ1v) is 4.22. The predicted molar refractivity (Wildman–Crippen MR) is 48.2 cm³/mol. The van der Waals surface area contributed by atoms with Crippen LogP contribution in [0.5, 0.6) is 0 Å². The molecule has 0 fully saturated rings. The van der Waals surface area contributed by atoms with Crippen LogP contribution in [0.4, 0.5) is 8.78 Å². The Morgan fingerprint density at radius 3 is 2.38 bits per heavy atom. The van der Waals surface area contributed by atoms with Crippen LogP contribution in [-0.2, 0) is 5.54 Å². The third-order valence-electron chi connectivity index (χ3n) is 2.31. The Morgan fingerprint density at radius 2 is 1.92 bits per heavy atom. The Balaban J connectivity index is 3.10. The number of hydrogen-bond donors (Lipinski definition) is 1. The molecule has 0 saturated heterocycles. The summed E-state index contributed by atoms with van der Waals surface area (Å²) in [6.07, 6.45) is 0.679. The molecule has 0 amide bonds. The van der Waals surface area contributed by atoms with Gasteiger partial charge in [-0.05, 0) is 31.0 Å². The molecule has 0 saturated carbocycles. The molecule has 1 aromatic rings. The monoisotopic (exact) mass is 185 g/mol. The average molecular weight is 185 g/mol. The summed E-state index contributed by atoms with van der Waals surface area (Å²) in [5, 5.41) is 0. The largest absolute Gasteiger partial charge is 0.322 e. The van der Waals surface area contributed by atoms with Gasteiger partial charge in [-0.2, -0.15) is 0 Å². The van der Waals surface area contributed by atoms with E-state index in [4.69, 9.17) is 5.73 Å². The molecule has 13 heavy (non-hydrogen) atoms. The second-order valence-electron chi connectivity index (χ2n) is 3.40. The van der Waals surface area contributed by atoms with E-state index in [2.05, 4.69) is 0 Å². The lowest BCUT2D eigenvalue weighted by molar-refractivity contribution is 0.461. The highest BCUT2D eigenvalue weighted by molar-refractivity contribution is 5.24. The van der Waals surface area contributed by atoms with Crippen molar-refractivity contribution < 1.29 is 8.78 Å². The minimum Gasteiger partial charge on any atom is -0.322 e. The third-order valence-corrected chi connectivity index (χ3v) is 2.31. The molecule has 0 spiro atoms. The first-order valence-electron chi connectivity index (χ1n) is 4.22. The molecule has 0 aliphatic carbocycles. The molecule has 1 atom stereocenters. The molecule has 0 bridgehead atoms. The standard InChI is InChI=1S/C10H13F2N/c1-3-10(2,13)7-4-5-8(11)9(12)6-7/h4-6H,3,13H2,1-2H3/t10-/m1/s1. The van der Waals surface area contributed by atoms with Gasteiger partial charge in [0.25, 0.3) is 0 Å². The maximum Gasteiger partial charge on any atom is 0.159 e. The lowest BCUT2D eigenvalue weighted by atomic mass is 9.90. The summed E-state index contributed by atoms with van der Waals surface area (Å²) in [5.41, 5.74) is 5.90. The van der Waals surface area contributed by atoms with Crippen LogP contribution in [0.15, 0.2) is 18.2 Å². The minimum absolute atomic E-state index is 0.589. The summed E-state index contributed by atoms with van der Waals surface area (Å²) in [6, 6.07) is 3.77. The molecule has 1 aromatic carbocycles. The van der Waals surface area contributed by atoms with Crippen LogP contribution in [0.25, 0.3) is 0 Å². The maximum atomic E-state index is 12.8. The average Bonchev–Trinajstić information content (AvgIpc) is 2.09.